The summed E-state index contributed by atoms with van der Waals surface area (Å²) >= 11 is 0. The molecule has 242 valence electrons. The lowest BCUT2D eigenvalue weighted by Crippen LogP contribution is -2.40. The van der Waals surface area contributed by atoms with E-state index in [1.54, 1.807) is 17.3 Å². The van der Waals surface area contributed by atoms with E-state index < -0.39 is 6.09 Å². The van der Waals surface area contributed by atoms with Crippen molar-refractivity contribution in [3.05, 3.63) is 69.8 Å². The van der Waals surface area contributed by atoms with Crippen molar-refractivity contribution in [1.82, 2.24) is 35.1 Å². The second-order valence-electron chi connectivity index (χ2n) is 13.1. The molecule has 1 saturated carbocycles. The standard InChI is InChI=1S/C36H39N7O4/c1-42-17-5-7-28(42)33-37-20-25(40-33)13-11-23-9-10-24(31-27(23)19-36(32(31)45)15-3-4-16-36)12-14-26-21-38-34(41-26)29-8-6-18-43(29)30(44)22-39-35(46)47-2/h9-10,20-21,28-29H,3-8,15-19,22H2,1-2H3,(H,37,40)(H,38,41)(H,39,46)/t28?,29-/m1/s1. The molecule has 2 aliphatic heterocycles. The predicted octanol–water partition coefficient (Wildman–Crippen LogP) is 4.02. The number of fused-ring (bicyclic) bond motifs is 1. The van der Waals surface area contributed by atoms with Crippen molar-refractivity contribution in [2.75, 3.05) is 33.8 Å². The van der Waals surface area contributed by atoms with Crippen molar-refractivity contribution in [1.29, 1.82) is 0 Å². The molecule has 2 saturated heterocycles. The molecule has 4 aliphatic rings. The van der Waals surface area contributed by atoms with E-state index in [1.165, 1.54) is 13.5 Å². The zero-order valence-corrected chi connectivity index (χ0v) is 26.9. The average molecular weight is 634 g/mol. The number of ketones is 1. The van der Waals surface area contributed by atoms with Gasteiger partial charge in [-0.1, -0.05) is 24.7 Å². The van der Waals surface area contributed by atoms with Crippen molar-refractivity contribution in [3.63, 3.8) is 0 Å². The van der Waals surface area contributed by atoms with E-state index in [-0.39, 0.29) is 29.7 Å². The van der Waals surface area contributed by atoms with Crippen LogP contribution in [-0.2, 0) is 16.0 Å². The van der Waals surface area contributed by atoms with Gasteiger partial charge < -0.3 is 24.9 Å². The molecule has 47 heavy (non-hydrogen) atoms. The molecular formula is C36H39N7O4. The van der Waals surface area contributed by atoms with Gasteiger partial charge in [0.2, 0.25) is 5.91 Å². The van der Waals surface area contributed by atoms with Crippen LogP contribution in [0.4, 0.5) is 4.79 Å². The van der Waals surface area contributed by atoms with Gasteiger partial charge in [0.15, 0.2) is 5.78 Å². The maximum Gasteiger partial charge on any atom is 0.407 e. The molecule has 3 fully saturated rings. The van der Waals surface area contributed by atoms with Crippen molar-refractivity contribution >= 4 is 17.8 Å². The first-order chi connectivity index (χ1) is 22.8. The highest BCUT2D eigenvalue weighted by Crippen LogP contribution is 2.50. The summed E-state index contributed by atoms with van der Waals surface area (Å²) < 4.78 is 4.57. The minimum atomic E-state index is -0.646. The highest BCUT2D eigenvalue weighted by atomic mass is 16.5. The normalized spacial score (nSPS) is 21.3. The van der Waals surface area contributed by atoms with Gasteiger partial charge >= 0.3 is 6.09 Å². The number of likely N-dealkylation sites (tertiary alicyclic amines) is 2. The molecule has 4 heterocycles. The van der Waals surface area contributed by atoms with Gasteiger partial charge in [-0.2, -0.15) is 0 Å². The fourth-order valence-corrected chi connectivity index (χ4v) is 7.79. The average Bonchev–Trinajstić information content (AvgIpc) is 3.92. The van der Waals surface area contributed by atoms with Gasteiger partial charge in [0.05, 0.1) is 31.6 Å². The molecule has 1 aromatic carbocycles. The minimum Gasteiger partial charge on any atom is -0.453 e. The third kappa shape index (κ3) is 5.92. The predicted molar refractivity (Wildman–Crippen MR) is 173 cm³/mol. The highest BCUT2D eigenvalue weighted by Gasteiger charge is 2.48. The Kier molecular flexibility index (Phi) is 8.33. The molecule has 1 spiro atoms. The van der Waals surface area contributed by atoms with Gasteiger partial charge in [0, 0.05) is 28.7 Å². The Labute approximate surface area is 274 Å². The number of amides is 2. The van der Waals surface area contributed by atoms with E-state index >= 15 is 0 Å². The first-order valence-electron chi connectivity index (χ1n) is 16.5. The number of H-pyrrole nitrogens is 2. The lowest BCUT2D eigenvalue weighted by molar-refractivity contribution is -0.131. The zero-order chi connectivity index (χ0) is 32.5. The Balaban J connectivity index is 1.13. The van der Waals surface area contributed by atoms with Crippen LogP contribution in [0.25, 0.3) is 0 Å². The maximum atomic E-state index is 14.0. The molecule has 1 unspecified atom stereocenters. The number of carbonyl (C=O) groups is 3. The number of ether oxygens (including phenoxy) is 1. The highest BCUT2D eigenvalue weighted by molar-refractivity contribution is 6.07. The molecule has 0 radical (unpaired) electrons. The molecule has 11 nitrogen and oxygen atoms in total. The summed E-state index contributed by atoms with van der Waals surface area (Å²) in [5, 5.41) is 2.45. The third-order valence-corrected chi connectivity index (χ3v) is 10.2. The summed E-state index contributed by atoms with van der Waals surface area (Å²) in [5.74, 6) is 14.7. The quantitative estimate of drug-likeness (QED) is 0.370. The number of imidazole rings is 2. The number of aromatic nitrogens is 4. The molecule has 2 amide bonds. The Bertz CT molecular complexity index is 1840. The van der Waals surface area contributed by atoms with Crippen molar-refractivity contribution in [2.24, 2.45) is 5.41 Å². The van der Waals surface area contributed by atoms with Crippen LogP contribution in [-0.4, -0.2) is 81.3 Å². The molecule has 11 heteroatoms. The van der Waals surface area contributed by atoms with Crippen LogP contribution in [0.5, 0.6) is 0 Å². The number of nitrogens with one attached hydrogen (secondary N) is 3. The summed E-state index contributed by atoms with van der Waals surface area (Å²) in [6.45, 7) is 1.51. The number of hydrogen-bond acceptors (Lipinski definition) is 7. The van der Waals surface area contributed by atoms with Gasteiger partial charge in [-0.15, -0.1) is 0 Å². The number of benzene rings is 1. The van der Waals surface area contributed by atoms with Crippen LogP contribution in [0.15, 0.2) is 24.5 Å². The van der Waals surface area contributed by atoms with E-state index in [4.69, 9.17) is 0 Å². The molecule has 2 aliphatic carbocycles. The second-order valence-corrected chi connectivity index (χ2v) is 13.1. The van der Waals surface area contributed by atoms with E-state index in [2.05, 4.69) is 65.6 Å². The van der Waals surface area contributed by atoms with Crippen LogP contribution in [0.1, 0.15) is 114 Å². The topological polar surface area (TPSA) is 136 Å². The summed E-state index contributed by atoms with van der Waals surface area (Å²) in [5.41, 5.74) is 4.30. The van der Waals surface area contributed by atoms with Crippen molar-refractivity contribution in [3.8, 4) is 23.7 Å². The monoisotopic (exact) mass is 633 g/mol. The Morgan fingerprint density at radius 3 is 2.26 bits per heavy atom. The Hall–Kier alpha value is -4.87. The lowest BCUT2D eigenvalue weighted by Gasteiger charge is -2.23. The molecule has 2 aromatic heterocycles. The van der Waals surface area contributed by atoms with Crippen LogP contribution in [0.3, 0.4) is 0 Å². The smallest absolute Gasteiger partial charge is 0.407 e. The van der Waals surface area contributed by atoms with Crippen LogP contribution in [0.2, 0.25) is 0 Å². The number of aromatic amines is 2. The van der Waals surface area contributed by atoms with E-state index in [1.807, 2.05) is 12.1 Å². The van der Waals surface area contributed by atoms with Gasteiger partial charge in [-0.3, -0.25) is 14.5 Å². The summed E-state index contributed by atoms with van der Waals surface area (Å²) in [6, 6.07) is 3.97. The molecule has 2 atom stereocenters. The van der Waals surface area contributed by atoms with Gasteiger partial charge in [0.1, 0.15) is 29.6 Å². The SMILES string of the molecule is COC(=O)NCC(=O)N1CCC[C@@H]1c1ncc(C#Cc2ccc(C#Cc3cnc(C4CCCN4C)[nH]3)c3c2C(=O)C2(CCCC2)C3)[nH]1. The van der Waals surface area contributed by atoms with Gasteiger partial charge in [-0.25, -0.2) is 14.8 Å². The molecule has 0 bridgehead atoms. The summed E-state index contributed by atoms with van der Waals surface area (Å²) in [6.07, 6.45) is 11.3. The number of carbonyl (C=O) groups excluding carboxylic acids is 3. The number of alkyl carbamates (subject to hydrolysis) is 1. The lowest BCUT2D eigenvalue weighted by atomic mass is 9.82. The van der Waals surface area contributed by atoms with Crippen LogP contribution >= 0.6 is 0 Å². The largest absolute Gasteiger partial charge is 0.453 e. The number of nitrogens with zero attached hydrogens (tertiary/aromatic N) is 4. The van der Waals surface area contributed by atoms with E-state index in [0.717, 1.165) is 74.1 Å². The van der Waals surface area contributed by atoms with Gasteiger partial charge in [-0.05, 0) is 88.1 Å². The molecule has 3 N–H and O–H groups in total. The van der Waals surface area contributed by atoms with E-state index in [0.29, 0.717) is 41.7 Å². The maximum absolute atomic E-state index is 14.0. The molecular weight excluding hydrogens is 594 g/mol. The van der Waals surface area contributed by atoms with Crippen LogP contribution < -0.4 is 5.32 Å². The molecule has 7 rings (SSSR count). The molecule has 3 aromatic rings. The Morgan fingerprint density at radius 2 is 1.57 bits per heavy atom. The first kappa shape index (κ1) is 30.8. The summed E-state index contributed by atoms with van der Waals surface area (Å²) in [4.78, 5) is 58.1. The third-order valence-electron chi connectivity index (χ3n) is 10.2. The summed E-state index contributed by atoms with van der Waals surface area (Å²) in [7, 11) is 3.39. The number of methoxy groups -OCH3 is 1. The van der Waals surface area contributed by atoms with E-state index in [9.17, 15) is 14.4 Å². The first-order valence-corrected chi connectivity index (χ1v) is 16.5. The minimum absolute atomic E-state index is 0.140. The number of hydrogen-bond donors (Lipinski definition) is 3. The van der Waals surface area contributed by atoms with Gasteiger partial charge in [0.25, 0.3) is 0 Å². The zero-order valence-electron chi connectivity index (χ0n) is 26.9. The number of rotatable bonds is 4. The van der Waals surface area contributed by atoms with Crippen molar-refractivity contribution < 1.29 is 19.1 Å². The van der Waals surface area contributed by atoms with Crippen molar-refractivity contribution in [2.45, 2.75) is 69.9 Å². The Morgan fingerprint density at radius 1 is 0.936 bits per heavy atom. The van der Waals surface area contributed by atoms with Crippen LogP contribution in [0, 0.1) is 29.1 Å². The fraction of sp³-hybridized carbons (Fsp3) is 0.472. The fourth-order valence-electron chi connectivity index (χ4n) is 7.79. The number of Topliss-reactive ketones (excluding diaryl/α,β-unsaturated/α-hetero) is 1. The second kappa shape index (κ2) is 12.7.